The van der Waals surface area contributed by atoms with Gasteiger partial charge in [0.2, 0.25) is 0 Å². The van der Waals surface area contributed by atoms with Gasteiger partial charge in [-0.1, -0.05) is 12.1 Å². The van der Waals surface area contributed by atoms with Gasteiger partial charge in [0, 0.05) is 22.8 Å². The van der Waals surface area contributed by atoms with E-state index in [1.54, 1.807) is 10.4 Å². The minimum atomic E-state index is 0.0949. The second-order valence-electron chi connectivity index (χ2n) is 5.21. The van der Waals surface area contributed by atoms with Crippen molar-refractivity contribution < 1.29 is 4.74 Å². The summed E-state index contributed by atoms with van der Waals surface area (Å²) < 4.78 is 5.31. The Balaban J connectivity index is 1.51. The van der Waals surface area contributed by atoms with E-state index in [-0.39, 0.29) is 6.61 Å². The Hall–Kier alpha value is -1.83. The Kier molecular flexibility index (Phi) is 4.54. The predicted octanol–water partition coefficient (Wildman–Crippen LogP) is 3.43. The number of hydrogen-bond acceptors (Lipinski definition) is 4. The number of thiophene rings is 1. The lowest BCUT2D eigenvalue weighted by Gasteiger charge is -2.06. The van der Waals surface area contributed by atoms with Crippen LogP contribution in [0.1, 0.15) is 27.3 Å². The first kappa shape index (κ1) is 14.1. The lowest BCUT2D eigenvalue weighted by Crippen LogP contribution is -2.11. The molecule has 3 nitrogen and oxygen atoms in total. The molecule has 0 aliphatic heterocycles. The minimum Gasteiger partial charge on any atom is -0.479 e. The van der Waals surface area contributed by atoms with E-state index in [1.165, 1.54) is 29.7 Å². The first-order valence-electron chi connectivity index (χ1n) is 7.25. The first-order chi connectivity index (χ1) is 10.3. The predicted molar refractivity (Wildman–Crippen MR) is 84.4 cm³/mol. The molecule has 0 radical (unpaired) electrons. The Morgan fingerprint density at radius 2 is 2.19 bits per heavy atom. The zero-order valence-electron chi connectivity index (χ0n) is 11.9. The Morgan fingerprint density at radius 3 is 3.05 bits per heavy atom. The normalized spacial score (nSPS) is 12.9. The van der Waals surface area contributed by atoms with Crippen LogP contribution in [0.2, 0.25) is 0 Å². The average molecular weight is 298 g/mol. The second-order valence-corrected chi connectivity index (χ2v) is 6.43. The van der Waals surface area contributed by atoms with Gasteiger partial charge < -0.3 is 10.1 Å². The van der Waals surface area contributed by atoms with E-state index >= 15 is 0 Å². The maximum Gasteiger partial charge on any atom is 0.174 e. The first-order valence-corrected chi connectivity index (χ1v) is 8.06. The Labute approximate surface area is 129 Å². The van der Waals surface area contributed by atoms with Crippen LogP contribution in [0.4, 0.5) is 0 Å². The van der Waals surface area contributed by atoms with Gasteiger partial charge >= 0.3 is 0 Å². The van der Waals surface area contributed by atoms with Crippen LogP contribution in [-0.2, 0) is 25.9 Å². The van der Waals surface area contributed by atoms with Gasteiger partial charge in [-0.05, 0) is 48.6 Å². The van der Waals surface area contributed by atoms with Crippen molar-refractivity contribution in [2.75, 3.05) is 6.61 Å². The van der Waals surface area contributed by atoms with Gasteiger partial charge in [0.1, 0.15) is 11.8 Å². The van der Waals surface area contributed by atoms with Crippen molar-refractivity contribution in [3.8, 4) is 11.8 Å². The lowest BCUT2D eigenvalue weighted by molar-refractivity contribution is 0.367. The number of nitriles is 1. The van der Waals surface area contributed by atoms with Gasteiger partial charge in [-0.3, -0.25) is 0 Å². The third-order valence-electron chi connectivity index (χ3n) is 3.63. The maximum atomic E-state index is 8.53. The topological polar surface area (TPSA) is 45.0 Å². The van der Waals surface area contributed by atoms with Crippen LogP contribution in [0, 0.1) is 11.3 Å². The molecular formula is C17H18N2OS. The number of rotatable bonds is 6. The minimum absolute atomic E-state index is 0.0949. The fraction of sp³-hybridized carbons (Fsp3) is 0.353. The van der Waals surface area contributed by atoms with Crippen LogP contribution in [0.3, 0.4) is 0 Å². The van der Waals surface area contributed by atoms with E-state index in [4.69, 9.17) is 10.00 Å². The molecule has 1 aliphatic carbocycles. The molecule has 21 heavy (non-hydrogen) atoms. The van der Waals surface area contributed by atoms with E-state index in [1.807, 2.05) is 35.6 Å². The van der Waals surface area contributed by atoms with Crippen LogP contribution in [-0.4, -0.2) is 6.61 Å². The summed E-state index contributed by atoms with van der Waals surface area (Å²) in [6.45, 7) is 1.82. The largest absolute Gasteiger partial charge is 0.479 e. The average Bonchev–Trinajstić information content (AvgIpc) is 3.07. The van der Waals surface area contributed by atoms with Crippen molar-refractivity contribution in [2.24, 2.45) is 0 Å². The van der Waals surface area contributed by atoms with E-state index in [2.05, 4.69) is 17.4 Å². The molecule has 1 N–H and O–H groups in total. The highest BCUT2D eigenvalue weighted by Crippen LogP contribution is 2.30. The quantitative estimate of drug-likeness (QED) is 0.888. The SMILES string of the molecule is N#CCOc1cccc(CNCc2cc3c(s2)CCC3)c1. The molecule has 0 fully saturated rings. The van der Waals surface area contributed by atoms with Gasteiger partial charge in [0.05, 0.1) is 0 Å². The summed E-state index contributed by atoms with van der Waals surface area (Å²) in [5.74, 6) is 0.756. The summed E-state index contributed by atoms with van der Waals surface area (Å²) >= 11 is 1.95. The summed E-state index contributed by atoms with van der Waals surface area (Å²) in [7, 11) is 0. The van der Waals surface area contributed by atoms with Crippen molar-refractivity contribution in [2.45, 2.75) is 32.4 Å². The van der Waals surface area contributed by atoms with Gasteiger partial charge in [-0.2, -0.15) is 5.26 Å². The third-order valence-corrected chi connectivity index (χ3v) is 4.86. The van der Waals surface area contributed by atoms with Crippen LogP contribution in [0.5, 0.6) is 5.75 Å². The van der Waals surface area contributed by atoms with Crippen molar-refractivity contribution in [3.05, 3.63) is 51.2 Å². The second kappa shape index (κ2) is 6.75. The van der Waals surface area contributed by atoms with Gasteiger partial charge in [-0.25, -0.2) is 0 Å². The Morgan fingerprint density at radius 1 is 1.24 bits per heavy atom. The van der Waals surface area contributed by atoms with Crippen molar-refractivity contribution in [3.63, 3.8) is 0 Å². The fourth-order valence-electron chi connectivity index (χ4n) is 2.67. The molecular weight excluding hydrogens is 280 g/mol. The number of hydrogen-bond donors (Lipinski definition) is 1. The van der Waals surface area contributed by atoms with E-state index in [0.29, 0.717) is 0 Å². The molecule has 1 heterocycles. The zero-order valence-corrected chi connectivity index (χ0v) is 12.7. The van der Waals surface area contributed by atoms with Crippen molar-refractivity contribution in [1.29, 1.82) is 5.26 Å². The molecule has 108 valence electrons. The lowest BCUT2D eigenvalue weighted by atomic mass is 10.2. The van der Waals surface area contributed by atoms with Crippen molar-refractivity contribution in [1.82, 2.24) is 5.32 Å². The van der Waals surface area contributed by atoms with Crippen LogP contribution in [0.25, 0.3) is 0 Å². The number of ether oxygens (including phenoxy) is 1. The zero-order chi connectivity index (χ0) is 14.5. The smallest absolute Gasteiger partial charge is 0.174 e. The number of benzene rings is 1. The summed E-state index contributed by atoms with van der Waals surface area (Å²) in [5.41, 5.74) is 2.73. The molecule has 3 rings (SSSR count). The molecule has 1 aliphatic rings. The highest BCUT2D eigenvalue weighted by Gasteiger charge is 2.14. The highest BCUT2D eigenvalue weighted by atomic mass is 32.1. The van der Waals surface area contributed by atoms with E-state index in [9.17, 15) is 0 Å². The van der Waals surface area contributed by atoms with E-state index in [0.717, 1.165) is 18.8 Å². The van der Waals surface area contributed by atoms with E-state index < -0.39 is 0 Å². The van der Waals surface area contributed by atoms with Crippen LogP contribution < -0.4 is 10.1 Å². The van der Waals surface area contributed by atoms with Crippen LogP contribution in [0.15, 0.2) is 30.3 Å². The molecule has 1 aromatic heterocycles. The Bertz CT molecular complexity index is 636. The molecule has 2 aromatic rings. The molecule has 1 aromatic carbocycles. The maximum absolute atomic E-state index is 8.53. The molecule has 0 unspecified atom stereocenters. The van der Waals surface area contributed by atoms with Crippen LogP contribution >= 0.6 is 11.3 Å². The highest BCUT2D eigenvalue weighted by molar-refractivity contribution is 7.12. The standard InChI is InChI=1S/C17H18N2OS/c18-7-8-20-15-5-1-3-13(9-15)11-19-12-16-10-14-4-2-6-17(14)21-16/h1,3,5,9-10,19H,2,4,6,8,11-12H2. The monoisotopic (exact) mass is 298 g/mol. The summed E-state index contributed by atoms with van der Waals surface area (Å²) in [5, 5.41) is 12.0. The van der Waals surface area contributed by atoms with Gasteiger partial charge in [-0.15, -0.1) is 11.3 Å². The molecule has 0 atom stereocenters. The third kappa shape index (κ3) is 3.63. The number of aryl methyl sites for hydroxylation is 2. The molecule has 0 bridgehead atoms. The van der Waals surface area contributed by atoms with Gasteiger partial charge in [0.25, 0.3) is 0 Å². The molecule has 0 spiro atoms. The van der Waals surface area contributed by atoms with Gasteiger partial charge in [0.15, 0.2) is 6.61 Å². The molecule has 0 saturated carbocycles. The summed E-state index contributed by atoms with van der Waals surface area (Å²) in [4.78, 5) is 3.01. The molecule has 4 heteroatoms. The number of nitrogens with one attached hydrogen (secondary N) is 1. The molecule has 0 amide bonds. The fourth-order valence-corrected chi connectivity index (χ4v) is 3.90. The number of fused-ring (bicyclic) bond motifs is 1. The summed E-state index contributed by atoms with van der Waals surface area (Å²) in [6, 6.07) is 12.2. The molecule has 0 saturated heterocycles. The summed E-state index contributed by atoms with van der Waals surface area (Å²) in [6.07, 6.45) is 3.84. The number of nitrogens with zero attached hydrogens (tertiary/aromatic N) is 1. The van der Waals surface area contributed by atoms with Crippen molar-refractivity contribution >= 4 is 11.3 Å².